The molecular formula is C18H22N2O2. The van der Waals surface area contributed by atoms with Gasteiger partial charge >= 0.3 is 0 Å². The molecule has 1 atom stereocenters. The monoisotopic (exact) mass is 298 g/mol. The number of aromatic hydroxyl groups is 1. The number of carbonyl (C=O) groups is 1. The fraction of sp³-hybridized carbons (Fsp3) is 0.333. The molecule has 0 aliphatic heterocycles. The van der Waals surface area contributed by atoms with Crippen molar-refractivity contribution >= 4 is 5.91 Å². The zero-order chi connectivity index (χ0) is 16.1. The second kappa shape index (κ2) is 7.07. The van der Waals surface area contributed by atoms with E-state index in [1.165, 1.54) is 5.56 Å². The van der Waals surface area contributed by atoms with Crippen molar-refractivity contribution in [2.75, 3.05) is 7.05 Å². The maximum atomic E-state index is 12.4. The van der Waals surface area contributed by atoms with E-state index >= 15 is 0 Å². The number of hydrogen-bond donors (Lipinski definition) is 1. The van der Waals surface area contributed by atoms with Gasteiger partial charge in [-0.3, -0.25) is 9.78 Å². The SMILES string of the molecule is Cc1ccnc(C[C@@H](C)N(C)C(=O)Cc2ccccc2O)c1. The van der Waals surface area contributed by atoms with E-state index in [9.17, 15) is 9.90 Å². The highest BCUT2D eigenvalue weighted by molar-refractivity contribution is 5.79. The number of phenols is 1. The number of phenolic OH excluding ortho intramolecular Hbond substituents is 1. The van der Waals surface area contributed by atoms with Crippen LogP contribution in [0, 0.1) is 6.92 Å². The molecule has 0 unspecified atom stereocenters. The van der Waals surface area contributed by atoms with Crippen LogP contribution in [0.2, 0.25) is 0 Å². The predicted octanol–water partition coefficient (Wildman–Crippen LogP) is 2.73. The van der Waals surface area contributed by atoms with Gasteiger partial charge in [-0.2, -0.15) is 0 Å². The molecule has 1 N–H and O–H groups in total. The summed E-state index contributed by atoms with van der Waals surface area (Å²) in [6, 6.07) is 11.0. The van der Waals surface area contributed by atoms with Crippen LogP contribution in [-0.2, 0) is 17.6 Å². The zero-order valence-corrected chi connectivity index (χ0v) is 13.3. The first-order valence-corrected chi connectivity index (χ1v) is 7.41. The van der Waals surface area contributed by atoms with Crippen LogP contribution in [0.15, 0.2) is 42.6 Å². The Morgan fingerprint density at radius 2 is 2.05 bits per heavy atom. The van der Waals surface area contributed by atoms with E-state index < -0.39 is 0 Å². The fourth-order valence-corrected chi connectivity index (χ4v) is 2.34. The van der Waals surface area contributed by atoms with E-state index in [2.05, 4.69) is 4.98 Å². The largest absolute Gasteiger partial charge is 0.508 e. The molecule has 0 fully saturated rings. The Morgan fingerprint density at radius 1 is 1.32 bits per heavy atom. The highest BCUT2D eigenvalue weighted by atomic mass is 16.3. The van der Waals surface area contributed by atoms with Gasteiger partial charge in [0.2, 0.25) is 5.91 Å². The predicted molar refractivity (Wildman–Crippen MR) is 86.7 cm³/mol. The number of pyridine rings is 1. The number of rotatable bonds is 5. The number of likely N-dealkylation sites (N-methyl/N-ethyl adjacent to an activating group) is 1. The van der Waals surface area contributed by atoms with Gasteiger partial charge in [0, 0.05) is 37.0 Å². The van der Waals surface area contributed by atoms with Crippen LogP contribution in [0.25, 0.3) is 0 Å². The van der Waals surface area contributed by atoms with Crippen molar-refractivity contribution in [1.29, 1.82) is 0 Å². The highest BCUT2D eigenvalue weighted by Crippen LogP contribution is 2.17. The summed E-state index contributed by atoms with van der Waals surface area (Å²) in [5.74, 6) is 0.152. The van der Waals surface area contributed by atoms with Crippen molar-refractivity contribution < 1.29 is 9.90 Å². The van der Waals surface area contributed by atoms with Crippen LogP contribution in [0.3, 0.4) is 0 Å². The molecule has 1 aromatic heterocycles. The molecule has 0 saturated heterocycles. The number of hydrogen-bond acceptors (Lipinski definition) is 3. The van der Waals surface area contributed by atoms with Crippen molar-refractivity contribution in [1.82, 2.24) is 9.88 Å². The molecule has 0 bridgehead atoms. The van der Waals surface area contributed by atoms with E-state index in [-0.39, 0.29) is 24.1 Å². The van der Waals surface area contributed by atoms with E-state index in [1.807, 2.05) is 32.0 Å². The molecule has 0 spiro atoms. The average Bonchev–Trinajstić information content (AvgIpc) is 2.48. The highest BCUT2D eigenvalue weighted by Gasteiger charge is 2.18. The number of benzene rings is 1. The van der Waals surface area contributed by atoms with E-state index in [0.717, 1.165) is 5.69 Å². The fourth-order valence-electron chi connectivity index (χ4n) is 2.34. The molecule has 1 amide bonds. The molecule has 2 rings (SSSR count). The van der Waals surface area contributed by atoms with E-state index in [4.69, 9.17) is 0 Å². The van der Waals surface area contributed by atoms with Crippen molar-refractivity contribution in [3.05, 3.63) is 59.4 Å². The van der Waals surface area contributed by atoms with Gasteiger partial charge in [-0.1, -0.05) is 18.2 Å². The van der Waals surface area contributed by atoms with Crippen LogP contribution >= 0.6 is 0 Å². The van der Waals surface area contributed by atoms with Crippen molar-refractivity contribution in [3.63, 3.8) is 0 Å². The first-order chi connectivity index (χ1) is 10.5. The Labute approximate surface area is 131 Å². The minimum absolute atomic E-state index is 0.0124. The Bertz CT molecular complexity index is 655. The third-order valence-electron chi connectivity index (χ3n) is 3.86. The molecule has 1 aromatic carbocycles. The number of aromatic nitrogens is 1. The molecule has 22 heavy (non-hydrogen) atoms. The van der Waals surface area contributed by atoms with Crippen molar-refractivity contribution in [2.24, 2.45) is 0 Å². The Balaban J connectivity index is 1.99. The van der Waals surface area contributed by atoms with Gasteiger partial charge in [-0.05, 0) is 37.6 Å². The van der Waals surface area contributed by atoms with Gasteiger partial charge in [-0.15, -0.1) is 0 Å². The number of aryl methyl sites for hydroxylation is 1. The lowest BCUT2D eigenvalue weighted by Gasteiger charge is -2.25. The summed E-state index contributed by atoms with van der Waals surface area (Å²) in [6.45, 7) is 4.04. The van der Waals surface area contributed by atoms with Gasteiger partial charge in [0.15, 0.2) is 0 Å². The third kappa shape index (κ3) is 4.07. The smallest absolute Gasteiger partial charge is 0.227 e. The lowest BCUT2D eigenvalue weighted by molar-refractivity contribution is -0.130. The normalized spacial score (nSPS) is 12.0. The second-order valence-corrected chi connectivity index (χ2v) is 5.69. The molecule has 0 aliphatic carbocycles. The lowest BCUT2D eigenvalue weighted by Crippen LogP contribution is -2.37. The summed E-state index contributed by atoms with van der Waals surface area (Å²) in [6.07, 6.45) is 2.71. The van der Waals surface area contributed by atoms with Crippen LogP contribution in [0.4, 0.5) is 0 Å². The molecule has 2 aromatic rings. The minimum Gasteiger partial charge on any atom is -0.508 e. The summed E-state index contributed by atoms with van der Waals surface area (Å²) in [7, 11) is 1.79. The van der Waals surface area contributed by atoms with E-state index in [1.54, 1.807) is 36.3 Å². The van der Waals surface area contributed by atoms with Crippen LogP contribution in [-0.4, -0.2) is 34.0 Å². The van der Waals surface area contributed by atoms with Gasteiger partial charge in [0.1, 0.15) is 5.75 Å². The van der Waals surface area contributed by atoms with Crippen molar-refractivity contribution in [2.45, 2.75) is 32.7 Å². The molecular weight excluding hydrogens is 276 g/mol. The number of amides is 1. The molecule has 1 heterocycles. The topological polar surface area (TPSA) is 53.4 Å². The molecule has 116 valence electrons. The van der Waals surface area contributed by atoms with Gasteiger partial charge in [0.05, 0.1) is 6.42 Å². The molecule has 4 nitrogen and oxygen atoms in total. The summed E-state index contributed by atoms with van der Waals surface area (Å²) >= 11 is 0. The molecule has 0 radical (unpaired) electrons. The first-order valence-electron chi connectivity index (χ1n) is 7.41. The van der Waals surface area contributed by atoms with E-state index in [0.29, 0.717) is 12.0 Å². The Morgan fingerprint density at radius 3 is 2.73 bits per heavy atom. The summed E-state index contributed by atoms with van der Waals surface area (Å²) in [5, 5.41) is 9.76. The number of carbonyl (C=O) groups excluding carboxylic acids is 1. The Hall–Kier alpha value is -2.36. The third-order valence-corrected chi connectivity index (χ3v) is 3.86. The molecule has 0 aliphatic rings. The van der Waals surface area contributed by atoms with Gasteiger partial charge in [0.25, 0.3) is 0 Å². The van der Waals surface area contributed by atoms with Crippen LogP contribution in [0.1, 0.15) is 23.7 Å². The standard InChI is InChI=1S/C18H22N2O2/c1-13-8-9-19-16(10-13)11-14(2)20(3)18(22)12-15-6-4-5-7-17(15)21/h4-10,14,21H,11-12H2,1-3H3/t14-/m1/s1. The average molecular weight is 298 g/mol. The zero-order valence-electron chi connectivity index (χ0n) is 13.3. The van der Waals surface area contributed by atoms with Crippen LogP contribution < -0.4 is 0 Å². The lowest BCUT2D eigenvalue weighted by atomic mass is 10.1. The second-order valence-electron chi connectivity index (χ2n) is 5.69. The molecule has 0 saturated carbocycles. The maximum absolute atomic E-state index is 12.4. The van der Waals surface area contributed by atoms with Crippen LogP contribution in [0.5, 0.6) is 5.75 Å². The van der Waals surface area contributed by atoms with Gasteiger partial charge < -0.3 is 10.0 Å². The Kier molecular flexibility index (Phi) is 5.15. The van der Waals surface area contributed by atoms with Crippen molar-refractivity contribution in [3.8, 4) is 5.75 Å². The first kappa shape index (κ1) is 16.0. The van der Waals surface area contributed by atoms with Gasteiger partial charge in [-0.25, -0.2) is 0 Å². The quantitative estimate of drug-likeness (QED) is 0.923. The number of nitrogens with zero attached hydrogens (tertiary/aromatic N) is 2. The summed E-state index contributed by atoms with van der Waals surface area (Å²) < 4.78 is 0. The summed E-state index contributed by atoms with van der Waals surface area (Å²) in [5.41, 5.74) is 2.80. The molecule has 4 heteroatoms. The minimum atomic E-state index is -0.0124. The maximum Gasteiger partial charge on any atom is 0.227 e. The number of para-hydroxylation sites is 1. The summed E-state index contributed by atoms with van der Waals surface area (Å²) in [4.78, 5) is 18.4.